The second-order valence-electron chi connectivity index (χ2n) is 6.73. The minimum absolute atomic E-state index is 0.261. The minimum atomic E-state index is -0.261. The average Bonchev–Trinajstić information content (AvgIpc) is 3.39. The van der Waals surface area contributed by atoms with E-state index >= 15 is 0 Å². The van der Waals surface area contributed by atoms with E-state index in [1.54, 1.807) is 19.2 Å². The SMILES string of the molecule is COc1ccc(C2(c3ccc(O)cc3)c3ccc4ccccc4c32)cc1. The van der Waals surface area contributed by atoms with Crippen LogP contribution >= 0.6 is 0 Å². The van der Waals surface area contributed by atoms with Crippen LogP contribution < -0.4 is 4.74 Å². The molecule has 126 valence electrons. The highest BCUT2D eigenvalue weighted by Gasteiger charge is 2.54. The molecule has 2 heteroatoms. The van der Waals surface area contributed by atoms with E-state index in [2.05, 4.69) is 48.5 Å². The largest absolute Gasteiger partial charge is 0.508 e. The van der Waals surface area contributed by atoms with E-state index < -0.39 is 0 Å². The fraction of sp³-hybridized carbons (Fsp3) is 0.0833. The van der Waals surface area contributed by atoms with Crippen molar-refractivity contribution in [2.75, 3.05) is 7.11 Å². The number of fused-ring (bicyclic) bond motifs is 3. The number of benzene rings is 4. The van der Waals surface area contributed by atoms with Crippen molar-refractivity contribution >= 4 is 10.8 Å². The number of hydrogen-bond donors (Lipinski definition) is 1. The van der Waals surface area contributed by atoms with E-state index in [4.69, 9.17) is 4.74 Å². The fourth-order valence-corrected chi connectivity index (χ4v) is 4.22. The average molecular weight is 338 g/mol. The maximum atomic E-state index is 9.75. The summed E-state index contributed by atoms with van der Waals surface area (Å²) >= 11 is 0. The van der Waals surface area contributed by atoms with Crippen LogP contribution in [0.3, 0.4) is 0 Å². The number of rotatable bonds is 3. The minimum Gasteiger partial charge on any atom is -0.508 e. The maximum Gasteiger partial charge on any atom is 0.118 e. The number of aromatic hydroxyl groups is 1. The van der Waals surface area contributed by atoms with Gasteiger partial charge in [-0.2, -0.15) is 0 Å². The Labute approximate surface area is 152 Å². The smallest absolute Gasteiger partial charge is 0.118 e. The normalized spacial score (nSPS) is 17.7. The first-order valence-electron chi connectivity index (χ1n) is 8.72. The Balaban J connectivity index is 1.79. The lowest BCUT2D eigenvalue weighted by Crippen LogP contribution is -2.12. The molecular formula is C24H18O2. The van der Waals surface area contributed by atoms with Gasteiger partial charge in [0.2, 0.25) is 0 Å². The molecule has 0 saturated heterocycles. The van der Waals surface area contributed by atoms with Crippen LogP contribution in [-0.4, -0.2) is 12.2 Å². The lowest BCUT2D eigenvalue weighted by molar-refractivity contribution is 0.414. The lowest BCUT2D eigenvalue weighted by atomic mass is 9.83. The van der Waals surface area contributed by atoms with Crippen molar-refractivity contribution < 1.29 is 9.84 Å². The Morgan fingerprint density at radius 2 is 1.38 bits per heavy atom. The van der Waals surface area contributed by atoms with Gasteiger partial charge in [0.05, 0.1) is 12.5 Å². The summed E-state index contributed by atoms with van der Waals surface area (Å²) in [4.78, 5) is 0. The molecule has 0 aliphatic heterocycles. The first-order chi connectivity index (χ1) is 12.7. The molecule has 0 fully saturated rings. The van der Waals surface area contributed by atoms with Gasteiger partial charge in [-0.1, -0.05) is 60.7 Å². The molecule has 0 saturated carbocycles. The quantitative estimate of drug-likeness (QED) is 0.487. The van der Waals surface area contributed by atoms with Gasteiger partial charge in [-0.15, -0.1) is 0 Å². The summed E-state index contributed by atoms with van der Waals surface area (Å²) in [5, 5.41) is 12.3. The van der Waals surface area contributed by atoms with Crippen LogP contribution in [0.1, 0.15) is 22.3 Å². The predicted octanol–water partition coefficient (Wildman–Crippen LogP) is 5.25. The molecule has 1 N–H and O–H groups in total. The maximum absolute atomic E-state index is 9.75. The van der Waals surface area contributed by atoms with Gasteiger partial charge in [0.15, 0.2) is 0 Å². The van der Waals surface area contributed by atoms with Gasteiger partial charge in [0, 0.05) is 0 Å². The van der Waals surface area contributed by atoms with E-state index in [0.29, 0.717) is 0 Å². The highest BCUT2D eigenvalue weighted by atomic mass is 16.5. The zero-order chi connectivity index (χ0) is 17.7. The van der Waals surface area contributed by atoms with Crippen LogP contribution in [0, 0.1) is 0 Å². The summed E-state index contributed by atoms with van der Waals surface area (Å²) in [6, 6.07) is 28.8. The van der Waals surface area contributed by atoms with Crippen molar-refractivity contribution in [3.8, 4) is 11.5 Å². The Bertz CT molecular complexity index is 1110. The van der Waals surface area contributed by atoms with Crippen molar-refractivity contribution in [1.82, 2.24) is 0 Å². The highest BCUT2D eigenvalue weighted by molar-refractivity contribution is 5.97. The van der Waals surface area contributed by atoms with Gasteiger partial charge in [-0.3, -0.25) is 0 Å². The molecule has 4 aromatic rings. The molecule has 1 unspecified atom stereocenters. The van der Waals surface area contributed by atoms with E-state index in [1.165, 1.54) is 33.0 Å². The second-order valence-corrected chi connectivity index (χ2v) is 6.73. The number of methoxy groups -OCH3 is 1. The Hall–Kier alpha value is -3.26. The van der Waals surface area contributed by atoms with Crippen LogP contribution in [0.25, 0.3) is 10.8 Å². The molecule has 0 heterocycles. The van der Waals surface area contributed by atoms with Gasteiger partial charge < -0.3 is 9.84 Å². The van der Waals surface area contributed by atoms with Crippen molar-refractivity contribution in [3.05, 3.63) is 107 Å². The predicted molar refractivity (Wildman–Crippen MR) is 104 cm³/mol. The molecule has 0 spiro atoms. The Morgan fingerprint density at radius 3 is 2.08 bits per heavy atom. The number of ether oxygens (including phenoxy) is 1. The molecule has 0 bridgehead atoms. The number of hydrogen-bond acceptors (Lipinski definition) is 2. The number of phenolic OH excluding ortho intramolecular Hbond substituents is 1. The lowest BCUT2D eigenvalue weighted by Gasteiger charge is -2.19. The highest BCUT2D eigenvalue weighted by Crippen LogP contribution is 2.61. The molecule has 5 rings (SSSR count). The first kappa shape index (κ1) is 15.0. The van der Waals surface area contributed by atoms with Crippen molar-refractivity contribution in [1.29, 1.82) is 0 Å². The number of phenols is 1. The van der Waals surface area contributed by atoms with E-state index in [1.807, 2.05) is 24.3 Å². The van der Waals surface area contributed by atoms with Gasteiger partial charge in [0.25, 0.3) is 0 Å². The van der Waals surface area contributed by atoms with Gasteiger partial charge >= 0.3 is 0 Å². The third kappa shape index (κ3) is 1.93. The zero-order valence-corrected chi connectivity index (χ0v) is 14.4. The van der Waals surface area contributed by atoms with Gasteiger partial charge in [0.1, 0.15) is 11.5 Å². The monoisotopic (exact) mass is 338 g/mol. The standard InChI is InChI=1S/C24H18O2/c1-26-20-13-9-18(10-14-20)24(17-7-11-19(25)12-8-17)22-15-6-16-4-2-3-5-21(16)23(22)24/h2-15,25H,1H3. The van der Waals surface area contributed by atoms with E-state index in [-0.39, 0.29) is 11.2 Å². The summed E-state index contributed by atoms with van der Waals surface area (Å²) < 4.78 is 5.34. The molecule has 1 aliphatic rings. The molecule has 1 aliphatic carbocycles. The van der Waals surface area contributed by atoms with Gasteiger partial charge in [-0.25, -0.2) is 0 Å². The fourth-order valence-electron chi connectivity index (χ4n) is 4.22. The van der Waals surface area contributed by atoms with E-state index in [9.17, 15) is 5.11 Å². The second kappa shape index (κ2) is 5.37. The summed E-state index contributed by atoms with van der Waals surface area (Å²) in [7, 11) is 1.68. The summed E-state index contributed by atoms with van der Waals surface area (Å²) in [6.45, 7) is 0. The summed E-state index contributed by atoms with van der Waals surface area (Å²) in [5.41, 5.74) is 4.81. The Kier molecular flexibility index (Phi) is 3.10. The Morgan fingerprint density at radius 1 is 0.731 bits per heavy atom. The molecule has 26 heavy (non-hydrogen) atoms. The van der Waals surface area contributed by atoms with Crippen LogP contribution in [0.5, 0.6) is 11.5 Å². The van der Waals surface area contributed by atoms with Crippen molar-refractivity contribution in [2.24, 2.45) is 0 Å². The molecule has 1 atom stereocenters. The molecule has 0 aromatic heterocycles. The molecule has 0 radical (unpaired) electrons. The molecular weight excluding hydrogens is 320 g/mol. The van der Waals surface area contributed by atoms with Crippen LogP contribution in [0.15, 0.2) is 84.9 Å². The van der Waals surface area contributed by atoms with Crippen LogP contribution in [-0.2, 0) is 5.41 Å². The van der Waals surface area contributed by atoms with E-state index in [0.717, 1.165) is 5.75 Å². The topological polar surface area (TPSA) is 29.5 Å². The first-order valence-corrected chi connectivity index (χ1v) is 8.72. The van der Waals surface area contributed by atoms with Gasteiger partial charge in [-0.05, 0) is 57.3 Å². The molecule has 2 nitrogen and oxygen atoms in total. The van der Waals surface area contributed by atoms with Crippen LogP contribution in [0.4, 0.5) is 0 Å². The van der Waals surface area contributed by atoms with Crippen molar-refractivity contribution in [2.45, 2.75) is 5.41 Å². The summed E-state index contributed by atoms with van der Waals surface area (Å²) in [6.07, 6.45) is 0. The zero-order valence-electron chi connectivity index (χ0n) is 14.4. The summed E-state index contributed by atoms with van der Waals surface area (Å²) in [5.74, 6) is 1.14. The third-order valence-corrected chi connectivity index (χ3v) is 5.47. The van der Waals surface area contributed by atoms with Crippen LogP contribution in [0.2, 0.25) is 0 Å². The molecule has 0 amide bonds. The third-order valence-electron chi connectivity index (χ3n) is 5.47. The van der Waals surface area contributed by atoms with Crippen molar-refractivity contribution in [3.63, 3.8) is 0 Å². The molecule has 4 aromatic carbocycles.